The molecule has 1 aromatic heterocycles. The molecule has 0 spiro atoms. The number of nitrogens with one attached hydrogen (secondary N) is 1. The van der Waals surface area contributed by atoms with Crippen LogP contribution in [0.25, 0.3) is 0 Å². The first kappa shape index (κ1) is 31.4. The van der Waals surface area contributed by atoms with Crippen LogP contribution in [-0.2, 0) is 14.3 Å². The van der Waals surface area contributed by atoms with E-state index in [1.54, 1.807) is 0 Å². The maximum Gasteiger partial charge on any atom is 0.414 e. The number of nitrogens with zero attached hydrogens (tertiary/aromatic N) is 5. The van der Waals surface area contributed by atoms with Gasteiger partial charge in [-0.2, -0.15) is 0 Å². The minimum absolute atomic E-state index is 0.00372. The van der Waals surface area contributed by atoms with Crippen LogP contribution in [0.5, 0.6) is 0 Å². The molecule has 1 aromatic carbocycles. The molecule has 242 valence electrons. The third-order valence-electron chi connectivity index (χ3n) is 7.81. The van der Waals surface area contributed by atoms with Gasteiger partial charge in [-0.1, -0.05) is 13.8 Å². The average Bonchev–Trinajstić information content (AvgIpc) is 3.45. The Balaban J connectivity index is 1.27. The molecule has 0 radical (unpaired) electrons. The highest BCUT2D eigenvalue weighted by atomic mass is 19.1. The lowest BCUT2D eigenvalue weighted by Gasteiger charge is -2.39. The minimum Gasteiger partial charge on any atom is -0.442 e. The SMILES string of the molecule is CC(C)c1cc(C(=O)N[C@H]2CC(=O)N3CCN(c4c(F)cc(N5C[C@H](CN(N)/C=C\N)OC5=O)cc4F)CCN3C2=O)oc1N. The van der Waals surface area contributed by atoms with E-state index < -0.39 is 47.6 Å². The topological polar surface area (TPSA) is 197 Å². The van der Waals surface area contributed by atoms with E-state index in [0.29, 0.717) is 5.56 Å². The van der Waals surface area contributed by atoms with Crippen LogP contribution in [0.4, 0.5) is 30.8 Å². The van der Waals surface area contributed by atoms with Gasteiger partial charge in [0.25, 0.3) is 11.8 Å². The number of hydrogen-bond donors (Lipinski definition) is 4. The highest BCUT2D eigenvalue weighted by Crippen LogP contribution is 2.32. The van der Waals surface area contributed by atoms with Gasteiger partial charge in [-0.15, -0.1) is 0 Å². The molecule has 5 rings (SSSR count). The second-order valence-electron chi connectivity index (χ2n) is 11.2. The van der Waals surface area contributed by atoms with Crippen LogP contribution in [-0.4, -0.2) is 90.3 Å². The Morgan fingerprint density at radius 3 is 2.40 bits per heavy atom. The van der Waals surface area contributed by atoms with Gasteiger partial charge in [-0.05, 0) is 12.0 Å². The van der Waals surface area contributed by atoms with Crippen molar-refractivity contribution in [1.29, 1.82) is 0 Å². The molecule has 3 aliphatic heterocycles. The highest BCUT2D eigenvalue weighted by Gasteiger charge is 2.42. The van der Waals surface area contributed by atoms with Crippen molar-refractivity contribution in [3.63, 3.8) is 0 Å². The first-order valence-electron chi connectivity index (χ1n) is 14.3. The van der Waals surface area contributed by atoms with Gasteiger partial charge in [0.15, 0.2) is 23.3 Å². The third-order valence-corrected chi connectivity index (χ3v) is 7.81. The molecule has 45 heavy (non-hydrogen) atoms. The van der Waals surface area contributed by atoms with E-state index in [9.17, 15) is 19.2 Å². The molecular weight excluding hydrogens is 596 g/mol. The monoisotopic (exact) mass is 631 g/mol. The number of rotatable bonds is 8. The Morgan fingerprint density at radius 1 is 1.11 bits per heavy atom. The van der Waals surface area contributed by atoms with Gasteiger partial charge in [0.05, 0.1) is 38.3 Å². The molecule has 17 heteroatoms. The summed E-state index contributed by atoms with van der Waals surface area (Å²) in [6.45, 7) is 3.74. The fourth-order valence-corrected chi connectivity index (χ4v) is 5.61. The molecule has 0 saturated carbocycles. The zero-order chi connectivity index (χ0) is 32.6. The van der Waals surface area contributed by atoms with Crippen LogP contribution in [0, 0.1) is 11.6 Å². The van der Waals surface area contributed by atoms with Gasteiger partial charge in [-0.3, -0.25) is 19.3 Å². The molecule has 7 N–H and O–H groups in total. The number of nitrogens with two attached hydrogens (primary N) is 3. The zero-order valence-corrected chi connectivity index (χ0v) is 24.7. The molecule has 3 fully saturated rings. The maximum atomic E-state index is 15.4. The van der Waals surface area contributed by atoms with Crippen LogP contribution >= 0.6 is 0 Å². The van der Waals surface area contributed by atoms with Crippen molar-refractivity contribution in [2.75, 3.05) is 54.8 Å². The Bertz CT molecular complexity index is 1510. The predicted octanol–water partition coefficient (Wildman–Crippen LogP) is 0.789. The fraction of sp³-hybridized carbons (Fsp3) is 0.429. The summed E-state index contributed by atoms with van der Waals surface area (Å²) < 4.78 is 41.5. The normalized spacial score (nSPS) is 20.6. The summed E-state index contributed by atoms with van der Waals surface area (Å²) in [5.74, 6) is 2.18. The number of furan rings is 1. The van der Waals surface area contributed by atoms with E-state index in [2.05, 4.69) is 5.32 Å². The summed E-state index contributed by atoms with van der Waals surface area (Å²) in [4.78, 5) is 54.1. The molecule has 2 atom stereocenters. The summed E-state index contributed by atoms with van der Waals surface area (Å²) in [7, 11) is 0. The standard InChI is InChI=1S/C28H35F2N9O6/c1-15(2)18-11-22(45-25(18)32)26(41)34-21-12-23(40)38-7-5-35(6-8-39(38)27(21)42)24-19(29)9-16(10-20(24)30)37-14-17(44-28(37)43)13-36(33)4-3-31/h3-4,9-11,15,17,21H,5-8,12-14,31-33H2,1-2H3,(H,34,41)/b4-3-/t17-,21-/m0/s1. The number of fused-ring (bicyclic) bond motifs is 1. The summed E-state index contributed by atoms with van der Waals surface area (Å²) in [5, 5.41) is 6.16. The molecular formula is C28H35F2N9O6. The van der Waals surface area contributed by atoms with Crippen molar-refractivity contribution >= 4 is 41.1 Å². The summed E-state index contributed by atoms with van der Waals surface area (Å²) in [6.07, 6.45) is 0.841. The predicted molar refractivity (Wildman–Crippen MR) is 157 cm³/mol. The van der Waals surface area contributed by atoms with Crippen LogP contribution < -0.4 is 32.4 Å². The smallest absolute Gasteiger partial charge is 0.414 e. The number of halogens is 2. The van der Waals surface area contributed by atoms with Crippen molar-refractivity contribution in [3.05, 3.63) is 53.6 Å². The first-order valence-corrected chi connectivity index (χ1v) is 14.3. The van der Waals surface area contributed by atoms with Gasteiger partial charge in [0.1, 0.15) is 17.8 Å². The number of carbonyl (C=O) groups excluding carboxylic acids is 4. The second kappa shape index (κ2) is 12.5. The first-order chi connectivity index (χ1) is 21.4. The van der Waals surface area contributed by atoms with Gasteiger partial charge >= 0.3 is 6.09 Å². The van der Waals surface area contributed by atoms with Crippen LogP contribution in [0.15, 0.2) is 35.0 Å². The van der Waals surface area contributed by atoms with Gasteiger partial charge in [-0.25, -0.2) is 29.4 Å². The van der Waals surface area contributed by atoms with Crippen LogP contribution in [0.3, 0.4) is 0 Å². The number of hydrazine groups is 2. The molecule has 3 saturated heterocycles. The highest BCUT2D eigenvalue weighted by molar-refractivity contribution is 6.00. The van der Waals surface area contributed by atoms with Crippen molar-refractivity contribution < 1.29 is 37.1 Å². The Morgan fingerprint density at radius 2 is 1.78 bits per heavy atom. The summed E-state index contributed by atoms with van der Waals surface area (Å²) in [5.41, 5.74) is 11.4. The lowest BCUT2D eigenvalue weighted by atomic mass is 10.1. The summed E-state index contributed by atoms with van der Waals surface area (Å²) >= 11 is 0. The lowest BCUT2D eigenvalue weighted by Crippen LogP contribution is -2.62. The largest absolute Gasteiger partial charge is 0.442 e. The Hall–Kier alpha value is -5.06. The number of anilines is 3. The van der Waals surface area contributed by atoms with Gasteiger partial charge in [0.2, 0.25) is 5.91 Å². The van der Waals surface area contributed by atoms with E-state index in [4.69, 9.17) is 26.5 Å². The zero-order valence-electron chi connectivity index (χ0n) is 24.7. The van der Waals surface area contributed by atoms with Crippen molar-refractivity contribution in [3.8, 4) is 0 Å². The van der Waals surface area contributed by atoms with E-state index in [-0.39, 0.29) is 74.6 Å². The second-order valence-corrected chi connectivity index (χ2v) is 11.2. The van der Waals surface area contributed by atoms with Gasteiger partial charge in [0, 0.05) is 43.2 Å². The minimum atomic E-state index is -1.17. The number of hydrogen-bond acceptors (Lipinski definition) is 11. The number of cyclic esters (lactones) is 1. The van der Waals surface area contributed by atoms with E-state index in [1.807, 2.05) is 13.8 Å². The fourth-order valence-electron chi connectivity index (χ4n) is 5.61. The number of ether oxygens (including phenoxy) is 1. The molecule has 4 amide bonds. The molecule has 2 aromatic rings. The number of carbonyl (C=O) groups is 4. The van der Waals surface area contributed by atoms with E-state index in [1.165, 1.54) is 38.4 Å². The summed E-state index contributed by atoms with van der Waals surface area (Å²) in [6, 6.07) is 2.37. The number of amides is 4. The van der Waals surface area contributed by atoms with Crippen LogP contribution in [0.1, 0.15) is 42.3 Å². The van der Waals surface area contributed by atoms with Crippen molar-refractivity contribution in [2.45, 2.75) is 38.3 Å². The molecule has 15 nitrogen and oxygen atoms in total. The maximum absolute atomic E-state index is 15.4. The Labute approximate surface area is 257 Å². The molecule has 0 unspecified atom stereocenters. The van der Waals surface area contributed by atoms with Gasteiger partial charge < -0.3 is 35.8 Å². The number of benzene rings is 1. The van der Waals surface area contributed by atoms with E-state index in [0.717, 1.165) is 17.0 Å². The lowest BCUT2D eigenvalue weighted by molar-refractivity contribution is -0.171. The molecule has 3 aliphatic rings. The molecule has 0 bridgehead atoms. The third kappa shape index (κ3) is 6.29. The van der Waals surface area contributed by atoms with Crippen molar-refractivity contribution in [1.82, 2.24) is 20.3 Å². The average molecular weight is 632 g/mol. The van der Waals surface area contributed by atoms with E-state index >= 15 is 8.78 Å². The van der Waals surface area contributed by atoms with Crippen molar-refractivity contribution in [2.24, 2.45) is 11.6 Å². The molecule has 4 heterocycles. The molecule has 0 aliphatic carbocycles. The van der Waals surface area contributed by atoms with Crippen LogP contribution in [0.2, 0.25) is 0 Å². The number of nitrogen functional groups attached to an aromatic ring is 1. The quantitative estimate of drug-likeness (QED) is 0.237. The Kier molecular flexibility index (Phi) is 8.72.